The third kappa shape index (κ3) is 2.51. The Hall–Kier alpha value is -2.74. The van der Waals surface area contributed by atoms with Crippen LogP contribution in [0.3, 0.4) is 0 Å². The number of anilines is 1. The van der Waals surface area contributed by atoms with Gasteiger partial charge in [0.05, 0.1) is 24.3 Å². The van der Waals surface area contributed by atoms with Crippen LogP contribution in [-0.2, 0) is 14.3 Å². The van der Waals surface area contributed by atoms with Crippen molar-refractivity contribution in [1.82, 2.24) is 0 Å². The Morgan fingerprint density at radius 2 is 2.13 bits per heavy atom. The van der Waals surface area contributed by atoms with Gasteiger partial charge in [-0.1, -0.05) is 18.2 Å². The number of carbonyl (C=O) groups excluding carboxylic acids is 2. The van der Waals surface area contributed by atoms with Crippen LogP contribution in [0.5, 0.6) is 5.75 Å². The van der Waals surface area contributed by atoms with Crippen molar-refractivity contribution in [1.29, 1.82) is 0 Å². The van der Waals surface area contributed by atoms with Gasteiger partial charge in [-0.05, 0) is 56.9 Å². The van der Waals surface area contributed by atoms with Crippen LogP contribution in [0, 0.1) is 17.3 Å². The Kier molecular flexibility index (Phi) is 4.31. The van der Waals surface area contributed by atoms with E-state index in [1.165, 1.54) is 6.08 Å². The largest absolute Gasteiger partial charge is 0.494 e. The van der Waals surface area contributed by atoms with Gasteiger partial charge in [0, 0.05) is 12.0 Å². The monoisotopic (exact) mass is 425 g/mol. The molecule has 8 nitrogen and oxygen atoms in total. The number of hydrogen-bond donors (Lipinski definition) is 1. The van der Waals surface area contributed by atoms with Crippen molar-refractivity contribution in [3.8, 4) is 5.75 Å². The molecule has 1 aromatic carbocycles. The lowest BCUT2D eigenvalue weighted by Crippen LogP contribution is -2.57. The smallest absolute Gasteiger partial charge is 0.338 e. The number of carbonyl (C=O) groups is 2. The van der Waals surface area contributed by atoms with Crippen LogP contribution in [0.1, 0.15) is 33.6 Å². The van der Waals surface area contributed by atoms with E-state index in [1.807, 2.05) is 38.1 Å². The first-order valence-corrected chi connectivity index (χ1v) is 10.9. The molecule has 1 N–H and O–H groups in total. The molecule has 2 fully saturated rings. The fraction of sp³-hybridized carbons (Fsp3) is 0.565. The summed E-state index contributed by atoms with van der Waals surface area (Å²) >= 11 is 0. The van der Waals surface area contributed by atoms with E-state index in [1.54, 1.807) is 18.0 Å². The quantitative estimate of drug-likeness (QED) is 0.748. The molecule has 8 heteroatoms. The topological polar surface area (TPSA) is 101 Å². The highest BCUT2D eigenvalue weighted by atomic mass is 16.6. The summed E-state index contributed by atoms with van der Waals surface area (Å²) in [5.41, 5.74) is -3.00. The lowest BCUT2D eigenvalue weighted by Gasteiger charge is -2.43. The van der Waals surface area contributed by atoms with Crippen molar-refractivity contribution < 1.29 is 24.2 Å². The number of nitrogens with zero attached hydrogens (tertiary/aromatic N) is 3. The molecular weight excluding hydrogens is 398 g/mol. The minimum absolute atomic E-state index is 0.154. The van der Waals surface area contributed by atoms with Gasteiger partial charge in [-0.3, -0.25) is 4.79 Å². The molecule has 0 radical (unpaired) electrons. The average molecular weight is 425 g/mol. The first kappa shape index (κ1) is 20.2. The normalized spacial score (nSPS) is 40.8. The van der Waals surface area contributed by atoms with Crippen molar-refractivity contribution in [2.24, 2.45) is 27.6 Å². The minimum atomic E-state index is -1.35. The first-order chi connectivity index (χ1) is 14.8. The van der Waals surface area contributed by atoms with E-state index in [4.69, 9.17) is 9.47 Å². The Bertz CT molecular complexity index is 1010. The molecule has 31 heavy (non-hydrogen) atoms. The van der Waals surface area contributed by atoms with Crippen LogP contribution in [0.15, 0.2) is 46.8 Å². The van der Waals surface area contributed by atoms with E-state index in [9.17, 15) is 14.7 Å². The van der Waals surface area contributed by atoms with E-state index in [0.29, 0.717) is 25.2 Å². The summed E-state index contributed by atoms with van der Waals surface area (Å²) in [6, 6.07) is 7.48. The third-order valence-corrected chi connectivity index (χ3v) is 7.78. The van der Waals surface area contributed by atoms with E-state index in [-0.39, 0.29) is 24.2 Å². The number of esters is 1. The number of rotatable bonds is 3. The Morgan fingerprint density at radius 1 is 1.32 bits per heavy atom. The van der Waals surface area contributed by atoms with E-state index < -0.39 is 28.6 Å². The lowest BCUT2D eigenvalue weighted by atomic mass is 9.63. The van der Waals surface area contributed by atoms with Crippen LogP contribution >= 0.6 is 0 Å². The predicted molar refractivity (Wildman–Crippen MR) is 112 cm³/mol. The number of ketones is 1. The van der Waals surface area contributed by atoms with E-state index >= 15 is 0 Å². The van der Waals surface area contributed by atoms with E-state index in [0.717, 1.165) is 5.69 Å². The van der Waals surface area contributed by atoms with Crippen LogP contribution in [0.25, 0.3) is 0 Å². The molecule has 2 aliphatic carbocycles. The number of hydrogen-bond acceptors (Lipinski definition) is 8. The maximum atomic E-state index is 13.2. The van der Waals surface area contributed by atoms with Gasteiger partial charge in [0.1, 0.15) is 17.5 Å². The van der Waals surface area contributed by atoms with Gasteiger partial charge in [-0.25, -0.2) is 9.80 Å². The van der Waals surface area contributed by atoms with Crippen LogP contribution in [-0.4, -0.2) is 47.3 Å². The molecule has 0 aromatic heterocycles. The molecule has 1 aromatic rings. The SMILES string of the molecule is CCOc1cccc(N2CC3(N=N2)C(=O)OC2C3CC[C@H](C)[C@]3(O)C=CC(=O)[C@@]23C)c1. The maximum absolute atomic E-state index is 13.2. The summed E-state index contributed by atoms with van der Waals surface area (Å²) in [5.74, 6) is -0.480. The number of benzene rings is 1. The van der Waals surface area contributed by atoms with Gasteiger partial charge in [0.2, 0.25) is 5.54 Å². The second-order valence-electron chi connectivity index (χ2n) is 9.24. The molecule has 4 aliphatic rings. The van der Waals surface area contributed by atoms with Gasteiger partial charge in [0.15, 0.2) is 5.78 Å². The number of ether oxygens (including phenoxy) is 2. The predicted octanol–water partition coefficient (Wildman–Crippen LogP) is 2.86. The minimum Gasteiger partial charge on any atom is -0.494 e. The summed E-state index contributed by atoms with van der Waals surface area (Å²) < 4.78 is 11.4. The molecule has 1 saturated carbocycles. The van der Waals surface area contributed by atoms with Gasteiger partial charge in [-0.15, -0.1) is 5.11 Å². The molecular formula is C23H27N3O5. The second kappa shape index (κ2) is 6.63. The molecule has 1 spiro atoms. The van der Waals surface area contributed by atoms with Gasteiger partial charge in [0.25, 0.3) is 0 Å². The molecule has 6 atom stereocenters. The van der Waals surface area contributed by atoms with Gasteiger partial charge >= 0.3 is 5.97 Å². The molecule has 1 saturated heterocycles. The first-order valence-electron chi connectivity index (χ1n) is 10.9. The summed E-state index contributed by atoms with van der Waals surface area (Å²) in [5, 5.41) is 21.9. The number of aliphatic hydroxyl groups is 1. The number of fused-ring (bicyclic) bond motifs is 4. The summed E-state index contributed by atoms with van der Waals surface area (Å²) in [4.78, 5) is 26.2. The van der Waals surface area contributed by atoms with Crippen molar-refractivity contribution in [3.63, 3.8) is 0 Å². The molecule has 0 bridgehead atoms. The molecule has 5 rings (SSSR count). The molecule has 0 amide bonds. The van der Waals surface area contributed by atoms with Gasteiger partial charge < -0.3 is 14.6 Å². The standard InChI is InChI=1S/C23H27N3O5/c1-4-30-16-7-5-6-15(12-16)26-13-22(24-25-26)17-9-8-14(2)23(29)11-10-18(27)21(23,3)19(17)31-20(22)28/h5-7,10-12,14,17,19,29H,4,8-9,13H2,1-3H3/t14-,17?,19?,21-,22?,23+/m0/s1. The van der Waals surface area contributed by atoms with Crippen molar-refractivity contribution in [2.75, 3.05) is 18.2 Å². The Balaban J connectivity index is 1.50. The second-order valence-corrected chi connectivity index (χ2v) is 9.24. The summed E-state index contributed by atoms with van der Waals surface area (Å²) in [6.07, 6.45) is 3.52. The zero-order valence-corrected chi connectivity index (χ0v) is 17.9. The Labute approximate surface area is 180 Å². The zero-order chi connectivity index (χ0) is 22.0. The van der Waals surface area contributed by atoms with Crippen LogP contribution in [0.2, 0.25) is 0 Å². The molecule has 3 unspecified atom stereocenters. The van der Waals surface area contributed by atoms with Crippen molar-refractivity contribution in [3.05, 3.63) is 36.4 Å². The number of allylic oxidation sites excluding steroid dienone is 1. The van der Waals surface area contributed by atoms with Crippen LogP contribution in [0.4, 0.5) is 5.69 Å². The van der Waals surface area contributed by atoms with E-state index in [2.05, 4.69) is 10.3 Å². The summed E-state index contributed by atoms with van der Waals surface area (Å²) in [7, 11) is 0. The molecule has 2 heterocycles. The van der Waals surface area contributed by atoms with Crippen LogP contribution < -0.4 is 9.75 Å². The average Bonchev–Trinajstić information content (AvgIpc) is 3.37. The zero-order valence-electron chi connectivity index (χ0n) is 17.9. The summed E-state index contributed by atoms with van der Waals surface area (Å²) in [6.45, 7) is 6.36. The highest BCUT2D eigenvalue weighted by molar-refractivity contribution is 6.00. The third-order valence-electron chi connectivity index (χ3n) is 7.78. The van der Waals surface area contributed by atoms with Crippen molar-refractivity contribution in [2.45, 2.75) is 50.9 Å². The molecule has 164 valence electrons. The highest BCUT2D eigenvalue weighted by Gasteiger charge is 2.72. The van der Waals surface area contributed by atoms with Crippen molar-refractivity contribution >= 4 is 17.4 Å². The fourth-order valence-corrected chi connectivity index (χ4v) is 5.82. The highest BCUT2D eigenvalue weighted by Crippen LogP contribution is 2.59. The maximum Gasteiger partial charge on any atom is 0.338 e. The fourth-order valence-electron chi connectivity index (χ4n) is 5.82. The molecule has 2 aliphatic heterocycles. The van der Waals surface area contributed by atoms with Gasteiger partial charge in [-0.2, -0.15) is 0 Å². The Morgan fingerprint density at radius 3 is 2.90 bits per heavy atom. The lowest BCUT2D eigenvalue weighted by molar-refractivity contribution is -0.166.